The molecule has 0 amide bonds. The Morgan fingerprint density at radius 3 is 2.80 bits per heavy atom. The number of rotatable bonds is 1. The Balaban J connectivity index is 0.00000147. The van der Waals surface area contributed by atoms with E-state index >= 15 is 0 Å². The Morgan fingerprint density at radius 1 is 1.30 bits per heavy atom. The number of nitrogens with zero attached hydrogens (tertiary/aromatic N) is 2. The van der Waals surface area contributed by atoms with Crippen LogP contribution >= 0.6 is 12.4 Å². The molecule has 0 unspecified atom stereocenters. The number of fused-ring (bicyclic) bond motifs is 1. The summed E-state index contributed by atoms with van der Waals surface area (Å²) in [5.74, 6) is -0.422. The fourth-order valence-electron chi connectivity index (χ4n) is 1.95. The van der Waals surface area contributed by atoms with E-state index in [2.05, 4.69) is 9.97 Å². The van der Waals surface area contributed by atoms with E-state index in [9.17, 15) is 9.59 Å². The lowest BCUT2D eigenvalue weighted by atomic mass is 10.2. The van der Waals surface area contributed by atoms with Crippen LogP contribution in [0.1, 0.15) is 10.4 Å². The summed E-state index contributed by atoms with van der Waals surface area (Å²) >= 11 is 0. The smallest absolute Gasteiger partial charge is 0.333 e. The summed E-state index contributed by atoms with van der Waals surface area (Å²) in [6.45, 7) is 0. The van der Waals surface area contributed by atoms with E-state index in [0.717, 1.165) is 4.57 Å². The first-order valence-electron chi connectivity index (χ1n) is 5.62. The van der Waals surface area contributed by atoms with Crippen molar-refractivity contribution >= 4 is 35.0 Å². The maximum Gasteiger partial charge on any atom is 0.333 e. The van der Waals surface area contributed by atoms with E-state index in [1.165, 1.54) is 6.20 Å². The topological polar surface area (TPSA) is 93.8 Å². The Morgan fingerprint density at radius 2 is 2.10 bits per heavy atom. The molecule has 7 heteroatoms. The highest BCUT2D eigenvalue weighted by molar-refractivity contribution is 6.01. The quantitative estimate of drug-likeness (QED) is 0.663. The van der Waals surface area contributed by atoms with Gasteiger partial charge in [0, 0.05) is 18.1 Å². The SMILES string of the molecule is Cl.Nc1ccc2c(c1)[nH]c(=O)n2C(=O)c1cccnc1. The Labute approximate surface area is 119 Å². The number of nitrogens with two attached hydrogens (primary N) is 1. The second kappa shape index (κ2) is 5.18. The van der Waals surface area contributed by atoms with Crippen LogP contribution in [0.4, 0.5) is 5.69 Å². The van der Waals surface area contributed by atoms with Gasteiger partial charge in [-0.05, 0) is 30.3 Å². The molecule has 0 spiro atoms. The number of carbonyl (C=O) groups excluding carboxylic acids is 1. The van der Waals surface area contributed by atoms with Gasteiger partial charge in [0.1, 0.15) is 0 Å². The molecule has 3 N–H and O–H groups in total. The van der Waals surface area contributed by atoms with Crippen LogP contribution in [0.2, 0.25) is 0 Å². The molecule has 3 rings (SSSR count). The fourth-order valence-corrected chi connectivity index (χ4v) is 1.95. The zero-order valence-corrected chi connectivity index (χ0v) is 11.1. The Hall–Kier alpha value is -2.60. The summed E-state index contributed by atoms with van der Waals surface area (Å²) in [6.07, 6.45) is 2.99. The number of imidazole rings is 1. The molecule has 20 heavy (non-hydrogen) atoms. The third-order valence-corrected chi connectivity index (χ3v) is 2.82. The van der Waals surface area contributed by atoms with Crippen LogP contribution in [-0.2, 0) is 0 Å². The lowest BCUT2D eigenvalue weighted by Crippen LogP contribution is -2.24. The monoisotopic (exact) mass is 290 g/mol. The second-order valence-electron chi connectivity index (χ2n) is 4.09. The molecule has 2 aromatic heterocycles. The molecule has 0 fully saturated rings. The van der Waals surface area contributed by atoms with E-state index < -0.39 is 11.6 Å². The molecule has 1 aromatic carbocycles. The number of pyridine rings is 1. The van der Waals surface area contributed by atoms with Gasteiger partial charge < -0.3 is 10.7 Å². The van der Waals surface area contributed by atoms with Gasteiger partial charge in [-0.2, -0.15) is 0 Å². The van der Waals surface area contributed by atoms with Crippen molar-refractivity contribution in [2.75, 3.05) is 5.73 Å². The lowest BCUT2D eigenvalue weighted by molar-refractivity contribution is 0.0960. The van der Waals surface area contributed by atoms with Crippen molar-refractivity contribution in [2.24, 2.45) is 0 Å². The first-order chi connectivity index (χ1) is 9.16. The van der Waals surface area contributed by atoms with Gasteiger partial charge in [0.2, 0.25) is 0 Å². The molecule has 2 heterocycles. The molecule has 102 valence electrons. The zero-order chi connectivity index (χ0) is 13.4. The van der Waals surface area contributed by atoms with Crippen molar-refractivity contribution in [3.63, 3.8) is 0 Å². The van der Waals surface area contributed by atoms with Crippen molar-refractivity contribution in [3.05, 3.63) is 58.8 Å². The predicted octanol–water partition coefficient (Wildman–Crippen LogP) is 1.42. The molecule has 0 aliphatic carbocycles. The van der Waals surface area contributed by atoms with Crippen LogP contribution < -0.4 is 11.4 Å². The van der Waals surface area contributed by atoms with E-state index in [4.69, 9.17) is 5.73 Å². The molecule has 3 aromatic rings. The van der Waals surface area contributed by atoms with Gasteiger partial charge in [-0.15, -0.1) is 12.4 Å². The number of H-pyrrole nitrogens is 1. The molecule has 0 aliphatic heterocycles. The highest BCUT2D eigenvalue weighted by Crippen LogP contribution is 2.15. The number of halogens is 1. The average Bonchev–Trinajstić information content (AvgIpc) is 2.74. The summed E-state index contributed by atoms with van der Waals surface area (Å²) in [5.41, 5.74) is 7.05. The second-order valence-corrected chi connectivity index (χ2v) is 4.09. The molecule has 0 radical (unpaired) electrons. The van der Waals surface area contributed by atoms with E-state index in [0.29, 0.717) is 22.3 Å². The van der Waals surface area contributed by atoms with E-state index in [1.807, 2.05) is 0 Å². The number of nitrogens with one attached hydrogen (secondary N) is 1. The van der Waals surface area contributed by atoms with Crippen LogP contribution in [0.25, 0.3) is 11.0 Å². The van der Waals surface area contributed by atoms with Crippen LogP contribution in [0.5, 0.6) is 0 Å². The van der Waals surface area contributed by atoms with Crippen molar-refractivity contribution in [1.29, 1.82) is 0 Å². The fraction of sp³-hybridized carbons (Fsp3) is 0. The molecule has 0 bridgehead atoms. The largest absolute Gasteiger partial charge is 0.399 e. The minimum absolute atomic E-state index is 0. The summed E-state index contributed by atoms with van der Waals surface area (Å²) in [5, 5.41) is 0. The number of nitrogen functional groups attached to an aromatic ring is 1. The van der Waals surface area contributed by atoms with Gasteiger partial charge in [0.25, 0.3) is 5.91 Å². The molecule has 6 nitrogen and oxygen atoms in total. The molecule has 0 saturated heterocycles. The number of aromatic amines is 1. The highest BCUT2D eigenvalue weighted by Gasteiger charge is 2.15. The average molecular weight is 291 g/mol. The first-order valence-corrected chi connectivity index (χ1v) is 5.62. The minimum atomic E-state index is -0.491. The molecule has 0 aliphatic rings. The zero-order valence-electron chi connectivity index (χ0n) is 10.2. The number of anilines is 1. The maximum atomic E-state index is 12.3. The van der Waals surface area contributed by atoms with E-state index in [-0.39, 0.29) is 12.4 Å². The van der Waals surface area contributed by atoms with Crippen molar-refractivity contribution < 1.29 is 4.79 Å². The number of carbonyl (C=O) groups is 1. The lowest BCUT2D eigenvalue weighted by Gasteiger charge is -2.01. The van der Waals surface area contributed by atoms with Gasteiger partial charge in [-0.25, -0.2) is 9.36 Å². The number of hydrogen-bond donors (Lipinski definition) is 2. The van der Waals surface area contributed by atoms with Crippen LogP contribution in [0, 0.1) is 0 Å². The van der Waals surface area contributed by atoms with Crippen molar-refractivity contribution in [2.45, 2.75) is 0 Å². The highest BCUT2D eigenvalue weighted by atomic mass is 35.5. The summed E-state index contributed by atoms with van der Waals surface area (Å²) in [6, 6.07) is 8.15. The number of benzene rings is 1. The number of aromatic nitrogens is 3. The molecular formula is C13H11ClN4O2. The van der Waals surface area contributed by atoms with Gasteiger partial charge in [0.15, 0.2) is 0 Å². The first kappa shape index (κ1) is 13.8. The van der Waals surface area contributed by atoms with Gasteiger partial charge >= 0.3 is 5.69 Å². The van der Waals surface area contributed by atoms with Gasteiger partial charge in [-0.3, -0.25) is 9.78 Å². The third kappa shape index (κ3) is 2.17. The maximum absolute atomic E-state index is 12.3. The van der Waals surface area contributed by atoms with Crippen molar-refractivity contribution in [3.8, 4) is 0 Å². The van der Waals surface area contributed by atoms with Crippen LogP contribution in [-0.4, -0.2) is 20.4 Å². The molecule has 0 atom stereocenters. The van der Waals surface area contributed by atoms with Crippen molar-refractivity contribution in [1.82, 2.24) is 14.5 Å². The van der Waals surface area contributed by atoms with Crippen LogP contribution in [0.3, 0.4) is 0 Å². The predicted molar refractivity (Wildman–Crippen MR) is 78.2 cm³/mol. The Bertz CT molecular complexity index is 823. The molecular weight excluding hydrogens is 280 g/mol. The number of hydrogen-bond acceptors (Lipinski definition) is 4. The minimum Gasteiger partial charge on any atom is -0.399 e. The van der Waals surface area contributed by atoms with Gasteiger partial charge in [0.05, 0.1) is 16.6 Å². The standard InChI is InChI=1S/C13H10N4O2.ClH/c14-9-3-4-11-10(6-9)16-13(19)17(11)12(18)8-2-1-5-15-7-8;/h1-7H,14H2,(H,16,19);1H. The van der Waals surface area contributed by atoms with Crippen LogP contribution in [0.15, 0.2) is 47.5 Å². The third-order valence-electron chi connectivity index (χ3n) is 2.82. The normalized spacial score (nSPS) is 10.2. The summed E-state index contributed by atoms with van der Waals surface area (Å²) in [4.78, 5) is 30.7. The summed E-state index contributed by atoms with van der Waals surface area (Å²) < 4.78 is 1.08. The molecule has 0 saturated carbocycles. The van der Waals surface area contributed by atoms with Gasteiger partial charge in [-0.1, -0.05) is 0 Å². The van der Waals surface area contributed by atoms with E-state index in [1.54, 1.807) is 36.5 Å². The summed E-state index contributed by atoms with van der Waals surface area (Å²) in [7, 11) is 0. The Kier molecular flexibility index (Phi) is 3.58.